The molecule has 0 atom stereocenters. The number of hydrogen-bond acceptors (Lipinski definition) is 3. The minimum atomic E-state index is 0.649. The number of nitrogens with one attached hydrogen (secondary N) is 1. The molecule has 1 aromatic rings. The van der Waals surface area contributed by atoms with E-state index in [1.165, 1.54) is 12.8 Å². The molecule has 70 valence electrons. The van der Waals surface area contributed by atoms with Crippen molar-refractivity contribution in [2.45, 2.75) is 32.2 Å². The van der Waals surface area contributed by atoms with Crippen LogP contribution in [0.3, 0.4) is 0 Å². The first-order valence-corrected chi connectivity index (χ1v) is 4.78. The zero-order valence-electron chi connectivity index (χ0n) is 8.17. The predicted octanol–water partition coefficient (Wildman–Crippen LogP) is 1.38. The Hall–Kier alpha value is -0.960. The Balaban J connectivity index is 2.25. The van der Waals surface area contributed by atoms with Gasteiger partial charge in [0.1, 0.15) is 5.82 Å². The van der Waals surface area contributed by atoms with Crippen LogP contribution in [0.2, 0.25) is 0 Å². The molecule has 3 heteroatoms. The minimum absolute atomic E-state index is 0.649. The lowest BCUT2D eigenvalue weighted by Gasteiger charge is -2.03. The summed E-state index contributed by atoms with van der Waals surface area (Å²) in [7, 11) is 1.94. The second-order valence-corrected chi connectivity index (χ2v) is 3.66. The van der Waals surface area contributed by atoms with E-state index in [0.29, 0.717) is 5.92 Å². The third-order valence-electron chi connectivity index (χ3n) is 2.22. The molecule has 1 saturated carbocycles. The molecule has 1 N–H and O–H groups in total. The summed E-state index contributed by atoms with van der Waals surface area (Å²) in [5.74, 6) is 1.70. The van der Waals surface area contributed by atoms with Crippen molar-refractivity contribution in [1.82, 2.24) is 15.3 Å². The number of hydrogen-bond donors (Lipinski definition) is 1. The second-order valence-electron chi connectivity index (χ2n) is 3.66. The van der Waals surface area contributed by atoms with Crippen LogP contribution in [-0.4, -0.2) is 17.0 Å². The lowest BCUT2D eigenvalue weighted by atomic mass is 10.3. The molecule has 2 rings (SSSR count). The highest BCUT2D eigenvalue weighted by Gasteiger charge is 2.26. The van der Waals surface area contributed by atoms with Crippen molar-refractivity contribution in [1.29, 1.82) is 0 Å². The predicted molar refractivity (Wildman–Crippen MR) is 51.5 cm³/mol. The molecule has 0 amide bonds. The molecule has 1 heterocycles. The van der Waals surface area contributed by atoms with E-state index in [9.17, 15) is 0 Å². The fraction of sp³-hybridized carbons (Fsp3) is 0.600. The Bertz CT molecular complexity index is 305. The van der Waals surface area contributed by atoms with Crippen molar-refractivity contribution in [3.05, 3.63) is 23.3 Å². The average molecular weight is 177 g/mol. The van der Waals surface area contributed by atoms with Crippen LogP contribution in [0.4, 0.5) is 0 Å². The Labute approximate surface area is 78.6 Å². The lowest BCUT2D eigenvalue weighted by molar-refractivity contribution is 0.762. The van der Waals surface area contributed by atoms with Gasteiger partial charge in [-0.05, 0) is 32.9 Å². The summed E-state index contributed by atoms with van der Waals surface area (Å²) in [5.41, 5.74) is 2.19. The molecule has 0 unspecified atom stereocenters. The van der Waals surface area contributed by atoms with Crippen molar-refractivity contribution in [3.8, 4) is 0 Å². The Morgan fingerprint density at radius 1 is 1.46 bits per heavy atom. The number of aryl methyl sites for hydroxylation is 1. The van der Waals surface area contributed by atoms with Crippen LogP contribution in [0.5, 0.6) is 0 Å². The maximum Gasteiger partial charge on any atom is 0.131 e. The van der Waals surface area contributed by atoms with E-state index in [-0.39, 0.29) is 0 Å². The van der Waals surface area contributed by atoms with Crippen LogP contribution >= 0.6 is 0 Å². The summed E-state index contributed by atoms with van der Waals surface area (Å²) >= 11 is 0. The van der Waals surface area contributed by atoms with Crippen molar-refractivity contribution < 1.29 is 0 Å². The van der Waals surface area contributed by atoms with Gasteiger partial charge in [0.15, 0.2) is 0 Å². The van der Waals surface area contributed by atoms with Crippen LogP contribution in [0, 0.1) is 6.92 Å². The summed E-state index contributed by atoms with van der Waals surface area (Å²) < 4.78 is 0. The van der Waals surface area contributed by atoms with E-state index < -0.39 is 0 Å². The van der Waals surface area contributed by atoms with Gasteiger partial charge in [-0.1, -0.05) is 0 Å². The Morgan fingerprint density at radius 2 is 2.23 bits per heavy atom. The molecule has 13 heavy (non-hydrogen) atoms. The quantitative estimate of drug-likeness (QED) is 0.758. The molecule has 3 nitrogen and oxygen atoms in total. The van der Waals surface area contributed by atoms with E-state index in [1.807, 2.05) is 20.0 Å². The van der Waals surface area contributed by atoms with Crippen molar-refractivity contribution in [3.63, 3.8) is 0 Å². The first-order valence-electron chi connectivity index (χ1n) is 4.78. The number of aromatic nitrogens is 2. The highest BCUT2D eigenvalue weighted by molar-refractivity contribution is 5.14. The zero-order chi connectivity index (χ0) is 9.26. The van der Waals surface area contributed by atoms with Gasteiger partial charge in [0.05, 0.1) is 5.69 Å². The first kappa shape index (κ1) is 8.63. The van der Waals surface area contributed by atoms with E-state index in [2.05, 4.69) is 15.3 Å². The van der Waals surface area contributed by atoms with Gasteiger partial charge in [-0.2, -0.15) is 0 Å². The van der Waals surface area contributed by atoms with Crippen LogP contribution in [0.25, 0.3) is 0 Å². The maximum absolute atomic E-state index is 4.51. The third-order valence-corrected chi connectivity index (χ3v) is 2.22. The summed E-state index contributed by atoms with van der Waals surface area (Å²) in [6, 6.07) is 2.04. The molecule has 0 aromatic carbocycles. The zero-order valence-corrected chi connectivity index (χ0v) is 8.17. The smallest absolute Gasteiger partial charge is 0.131 e. The summed E-state index contributed by atoms with van der Waals surface area (Å²) in [6.45, 7) is 2.87. The SMILES string of the molecule is CNCc1cc(C)nc(C2CC2)n1. The van der Waals surface area contributed by atoms with Gasteiger partial charge in [0.25, 0.3) is 0 Å². The number of rotatable bonds is 3. The van der Waals surface area contributed by atoms with E-state index in [0.717, 1.165) is 23.8 Å². The van der Waals surface area contributed by atoms with Gasteiger partial charge in [-0.15, -0.1) is 0 Å². The fourth-order valence-electron chi connectivity index (χ4n) is 1.45. The van der Waals surface area contributed by atoms with Gasteiger partial charge >= 0.3 is 0 Å². The molecular weight excluding hydrogens is 162 g/mol. The number of nitrogens with zero attached hydrogens (tertiary/aromatic N) is 2. The van der Waals surface area contributed by atoms with E-state index in [1.54, 1.807) is 0 Å². The van der Waals surface area contributed by atoms with Gasteiger partial charge in [-0.3, -0.25) is 0 Å². The molecule has 0 radical (unpaired) electrons. The molecule has 0 saturated heterocycles. The normalized spacial score (nSPS) is 16.2. The standard InChI is InChI=1S/C10H15N3/c1-7-5-9(6-11-2)13-10(12-7)8-3-4-8/h5,8,11H,3-4,6H2,1-2H3. The van der Waals surface area contributed by atoms with Crippen LogP contribution in [0.1, 0.15) is 36.0 Å². The fourth-order valence-corrected chi connectivity index (χ4v) is 1.45. The van der Waals surface area contributed by atoms with Gasteiger partial charge in [0.2, 0.25) is 0 Å². The molecule has 0 bridgehead atoms. The van der Waals surface area contributed by atoms with Gasteiger partial charge in [-0.25, -0.2) is 9.97 Å². The molecule has 1 aromatic heterocycles. The van der Waals surface area contributed by atoms with Gasteiger partial charge in [0, 0.05) is 18.2 Å². The summed E-state index contributed by atoms with van der Waals surface area (Å²) in [6.07, 6.45) is 2.53. The molecular formula is C10H15N3. The minimum Gasteiger partial charge on any atom is -0.314 e. The molecule has 1 aliphatic rings. The summed E-state index contributed by atoms with van der Waals surface area (Å²) in [5, 5.41) is 3.11. The monoisotopic (exact) mass is 177 g/mol. The van der Waals surface area contributed by atoms with Crippen molar-refractivity contribution >= 4 is 0 Å². The Morgan fingerprint density at radius 3 is 2.85 bits per heavy atom. The second kappa shape index (κ2) is 3.42. The molecule has 1 aliphatic carbocycles. The van der Waals surface area contributed by atoms with Gasteiger partial charge < -0.3 is 5.32 Å². The highest BCUT2D eigenvalue weighted by Crippen LogP contribution is 2.37. The molecule has 1 fully saturated rings. The van der Waals surface area contributed by atoms with Crippen LogP contribution < -0.4 is 5.32 Å². The topological polar surface area (TPSA) is 37.8 Å². The largest absolute Gasteiger partial charge is 0.314 e. The first-order chi connectivity index (χ1) is 6.29. The van der Waals surface area contributed by atoms with E-state index >= 15 is 0 Å². The van der Waals surface area contributed by atoms with Crippen LogP contribution in [-0.2, 0) is 6.54 Å². The maximum atomic E-state index is 4.51. The third kappa shape index (κ3) is 2.04. The molecule has 0 aliphatic heterocycles. The summed E-state index contributed by atoms with van der Waals surface area (Å²) in [4.78, 5) is 8.95. The van der Waals surface area contributed by atoms with Crippen LogP contribution in [0.15, 0.2) is 6.07 Å². The van der Waals surface area contributed by atoms with Crippen molar-refractivity contribution in [2.24, 2.45) is 0 Å². The lowest BCUT2D eigenvalue weighted by Crippen LogP contribution is -2.09. The van der Waals surface area contributed by atoms with Crippen molar-refractivity contribution in [2.75, 3.05) is 7.05 Å². The molecule has 0 spiro atoms. The van der Waals surface area contributed by atoms with E-state index in [4.69, 9.17) is 0 Å². The Kier molecular flexibility index (Phi) is 2.27. The highest BCUT2D eigenvalue weighted by atomic mass is 14.9. The average Bonchev–Trinajstić information content (AvgIpc) is 2.85.